The van der Waals surface area contributed by atoms with Gasteiger partial charge in [0.1, 0.15) is 11.8 Å². The summed E-state index contributed by atoms with van der Waals surface area (Å²) in [7, 11) is 0. The Labute approximate surface area is 190 Å². The molecule has 1 heterocycles. The summed E-state index contributed by atoms with van der Waals surface area (Å²) in [6.07, 6.45) is 0.535. The standard InChI is InChI=1S/C25H23IN2O2/c1-15(2)20-6-4-3-5-17(20)13-23-25(30)28-22-12-9-18(26)14-21(22)24(27-23)16-7-10-19(29)11-8-16/h3-12,14-15,23,29H,13H2,1-2H3,(H,28,30). The van der Waals surface area contributed by atoms with Crippen LogP contribution in [-0.2, 0) is 11.2 Å². The minimum absolute atomic E-state index is 0.107. The number of phenolic OH excluding ortho intramolecular Hbond substituents is 1. The van der Waals surface area contributed by atoms with Gasteiger partial charge in [0.2, 0.25) is 5.91 Å². The summed E-state index contributed by atoms with van der Waals surface area (Å²) >= 11 is 2.27. The number of aromatic hydroxyl groups is 1. The second-order valence-corrected chi connectivity index (χ2v) is 9.02. The van der Waals surface area contributed by atoms with Crippen LogP contribution in [0.1, 0.15) is 42.0 Å². The summed E-state index contributed by atoms with van der Waals surface area (Å²) in [6.45, 7) is 4.32. The first-order valence-corrected chi connectivity index (χ1v) is 11.1. The van der Waals surface area contributed by atoms with E-state index in [0.717, 1.165) is 31.7 Å². The topological polar surface area (TPSA) is 61.7 Å². The molecule has 4 rings (SSSR count). The summed E-state index contributed by atoms with van der Waals surface area (Å²) in [5.74, 6) is 0.464. The lowest BCUT2D eigenvalue weighted by Crippen LogP contribution is -2.28. The number of hydrogen-bond acceptors (Lipinski definition) is 3. The number of phenols is 1. The Balaban J connectivity index is 1.82. The van der Waals surface area contributed by atoms with Crippen LogP contribution in [0.25, 0.3) is 0 Å². The maximum atomic E-state index is 13.1. The molecule has 0 aliphatic carbocycles. The Bertz CT molecular complexity index is 1120. The molecule has 5 heteroatoms. The van der Waals surface area contributed by atoms with Crippen LogP contribution in [0.2, 0.25) is 0 Å². The predicted octanol–water partition coefficient (Wildman–Crippen LogP) is 5.52. The van der Waals surface area contributed by atoms with E-state index in [1.807, 2.05) is 42.5 Å². The fraction of sp³-hybridized carbons (Fsp3) is 0.200. The fourth-order valence-electron chi connectivity index (χ4n) is 3.80. The van der Waals surface area contributed by atoms with Crippen molar-refractivity contribution in [3.8, 4) is 5.75 Å². The van der Waals surface area contributed by atoms with E-state index in [-0.39, 0.29) is 11.7 Å². The lowest BCUT2D eigenvalue weighted by atomic mass is 9.93. The fourth-order valence-corrected chi connectivity index (χ4v) is 4.29. The molecule has 1 atom stereocenters. The lowest BCUT2D eigenvalue weighted by molar-refractivity contribution is -0.117. The van der Waals surface area contributed by atoms with E-state index in [0.29, 0.717) is 12.3 Å². The van der Waals surface area contributed by atoms with Crippen LogP contribution < -0.4 is 5.32 Å². The summed E-state index contributed by atoms with van der Waals surface area (Å²) in [5.41, 5.74) is 5.65. The van der Waals surface area contributed by atoms with Crippen molar-refractivity contribution < 1.29 is 9.90 Å². The highest BCUT2D eigenvalue weighted by molar-refractivity contribution is 14.1. The molecule has 1 unspecified atom stereocenters. The maximum absolute atomic E-state index is 13.1. The summed E-state index contributed by atoms with van der Waals surface area (Å²) in [6, 6.07) is 20.6. The SMILES string of the molecule is CC(C)c1ccccc1CC1N=C(c2ccc(O)cc2)c2cc(I)ccc2NC1=O. The number of carbonyl (C=O) groups is 1. The monoisotopic (exact) mass is 510 g/mol. The zero-order chi connectivity index (χ0) is 21.3. The van der Waals surface area contributed by atoms with Gasteiger partial charge in [0.25, 0.3) is 0 Å². The van der Waals surface area contributed by atoms with Crippen LogP contribution in [0.3, 0.4) is 0 Å². The zero-order valence-corrected chi connectivity index (χ0v) is 19.1. The highest BCUT2D eigenvalue weighted by Crippen LogP contribution is 2.29. The van der Waals surface area contributed by atoms with Crippen LogP contribution in [0.4, 0.5) is 5.69 Å². The highest BCUT2D eigenvalue weighted by Gasteiger charge is 2.27. The van der Waals surface area contributed by atoms with Crippen LogP contribution >= 0.6 is 22.6 Å². The predicted molar refractivity (Wildman–Crippen MR) is 130 cm³/mol. The minimum Gasteiger partial charge on any atom is -0.508 e. The van der Waals surface area contributed by atoms with Gasteiger partial charge in [-0.05, 0) is 82.1 Å². The van der Waals surface area contributed by atoms with Crippen molar-refractivity contribution in [2.24, 2.45) is 4.99 Å². The molecule has 0 bridgehead atoms. The molecule has 0 spiro atoms. The van der Waals surface area contributed by atoms with Gasteiger partial charge in [0.05, 0.1) is 11.4 Å². The molecule has 0 fully saturated rings. The first-order valence-electron chi connectivity index (χ1n) is 9.98. The Morgan fingerprint density at radius 2 is 1.80 bits per heavy atom. The second kappa shape index (κ2) is 8.60. The number of aliphatic imine (C=N–C) groups is 1. The minimum atomic E-state index is -0.543. The molecule has 4 nitrogen and oxygen atoms in total. The van der Waals surface area contributed by atoms with Gasteiger partial charge in [-0.3, -0.25) is 9.79 Å². The van der Waals surface area contributed by atoms with E-state index in [1.165, 1.54) is 5.56 Å². The number of nitrogens with one attached hydrogen (secondary N) is 1. The van der Waals surface area contributed by atoms with Gasteiger partial charge >= 0.3 is 0 Å². The van der Waals surface area contributed by atoms with E-state index in [4.69, 9.17) is 4.99 Å². The van der Waals surface area contributed by atoms with Gasteiger partial charge in [0.15, 0.2) is 0 Å². The molecule has 3 aromatic carbocycles. The molecule has 0 saturated heterocycles. The van der Waals surface area contributed by atoms with E-state index >= 15 is 0 Å². The maximum Gasteiger partial charge on any atom is 0.249 e. The van der Waals surface area contributed by atoms with Crippen LogP contribution in [-0.4, -0.2) is 22.8 Å². The average molecular weight is 510 g/mol. The van der Waals surface area contributed by atoms with Crippen molar-refractivity contribution in [1.29, 1.82) is 0 Å². The first-order chi connectivity index (χ1) is 14.4. The summed E-state index contributed by atoms with van der Waals surface area (Å²) in [4.78, 5) is 18.1. The van der Waals surface area contributed by atoms with E-state index in [1.54, 1.807) is 12.1 Å². The third-order valence-corrected chi connectivity index (χ3v) is 5.98. The number of fused-ring (bicyclic) bond motifs is 1. The normalized spacial score (nSPS) is 15.9. The van der Waals surface area contributed by atoms with Gasteiger partial charge in [-0.1, -0.05) is 38.1 Å². The van der Waals surface area contributed by atoms with Crippen molar-refractivity contribution >= 4 is 39.9 Å². The van der Waals surface area contributed by atoms with Gasteiger partial charge in [-0.25, -0.2) is 0 Å². The van der Waals surface area contributed by atoms with Crippen LogP contribution in [0.15, 0.2) is 71.7 Å². The molecule has 1 aliphatic rings. The van der Waals surface area contributed by atoms with Crippen LogP contribution in [0.5, 0.6) is 5.75 Å². The Morgan fingerprint density at radius 3 is 2.53 bits per heavy atom. The smallest absolute Gasteiger partial charge is 0.249 e. The Hall–Kier alpha value is -2.67. The molecule has 2 N–H and O–H groups in total. The number of benzene rings is 3. The lowest BCUT2D eigenvalue weighted by Gasteiger charge is -2.16. The van der Waals surface area contributed by atoms with Gasteiger partial charge in [0, 0.05) is 21.1 Å². The Morgan fingerprint density at radius 1 is 1.07 bits per heavy atom. The number of nitrogens with zero attached hydrogens (tertiary/aromatic N) is 1. The third-order valence-electron chi connectivity index (χ3n) is 5.31. The summed E-state index contributed by atoms with van der Waals surface area (Å²) < 4.78 is 1.07. The van der Waals surface area contributed by atoms with Gasteiger partial charge in [-0.15, -0.1) is 0 Å². The molecule has 0 radical (unpaired) electrons. The number of carbonyl (C=O) groups excluding carboxylic acids is 1. The van der Waals surface area contributed by atoms with E-state index < -0.39 is 6.04 Å². The van der Waals surface area contributed by atoms with Gasteiger partial charge < -0.3 is 10.4 Å². The molecular formula is C25H23IN2O2. The molecule has 1 aliphatic heterocycles. The Kier molecular flexibility index (Phi) is 5.90. The summed E-state index contributed by atoms with van der Waals surface area (Å²) in [5, 5.41) is 12.8. The van der Waals surface area contributed by atoms with E-state index in [2.05, 4.69) is 53.9 Å². The molecule has 3 aromatic rings. The van der Waals surface area contributed by atoms with Crippen molar-refractivity contribution in [3.63, 3.8) is 0 Å². The number of halogens is 1. The van der Waals surface area contributed by atoms with Crippen molar-refractivity contribution in [2.45, 2.75) is 32.2 Å². The zero-order valence-electron chi connectivity index (χ0n) is 16.9. The average Bonchev–Trinajstić information content (AvgIpc) is 2.85. The quantitative estimate of drug-likeness (QED) is 0.454. The number of hydrogen-bond donors (Lipinski definition) is 2. The number of amides is 1. The number of rotatable bonds is 4. The third kappa shape index (κ3) is 4.26. The van der Waals surface area contributed by atoms with Crippen molar-refractivity contribution in [3.05, 3.63) is 92.6 Å². The largest absolute Gasteiger partial charge is 0.508 e. The molecule has 1 amide bonds. The molecule has 0 saturated carbocycles. The molecule has 30 heavy (non-hydrogen) atoms. The van der Waals surface area contributed by atoms with Crippen LogP contribution in [0, 0.1) is 3.57 Å². The number of anilines is 1. The van der Waals surface area contributed by atoms with Gasteiger partial charge in [-0.2, -0.15) is 0 Å². The van der Waals surface area contributed by atoms with E-state index in [9.17, 15) is 9.90 Å². The number of benzodiazepines with no additional fused rings is 1. The highest BCUT2D eigenvalue weighted by atomic mass is 127. The van der Waals surface area contributed by atoms with Crippen molar-refractivity contribution in [1.82, 2.24) is 0 Å². The second-order valence-electron chi connectivity index (χ2n) is 7.78. The first kappa shape index (κ1) is 20.6. The molecule has 0 aromatic heterocycles. The van der Waals surface area contributed by atoms with Crippen molar-refractivity contribution in [2.75, 3.05) is 5.32 Å². The molecular weight excluding hydrogens is 487 g/mol. The molecule has 152 valence electrons.